The summed E-state index contributed by atoms with van der Waals surface area (Å²) in [6.07, 6.45) is 1.98. The molecule has 1 fully saturated rings. The highest BCUT2D eigenvalue weighted by Crippen LogP contribution is 2.22. The van der Waals surface area contributed by atoms with Gasteiger partial charge >= 0.3 is 0 Å². The first-order valence-corrected chi connectivity index (χ1v) is 7.10. The molecule has 112 valence electrons. The van der Waals surface area contributed by atoms with E-state index in [1.54, 1.807) is 0 Å². The van der Waals surface area contributed by atoms with Crippen molar-refractivity contribution in [3.63, 3.8) is 0 Å². The summed E-state index contributed by atoms with van der Waals surface area (Å²) in [5.41, 5.74) is 0. The maximum absolute atomic E-state index is 13.5. The van der Waals surface area contributed by atoms with Crippen LogP contribution in [-0.4, -0.2) is 32.4 Å². The van der Waals surface area contributed by atoms with E-state index in [0.29, 0.717) is 19.1 Å². The topological polar surface area (TPSA) is 30.5 Å². The summed E-state index contributed by atoms with van der Waals surface area (Å²) in [5, 5.41) is 3.39. The molecule has 1 aromatic carbocycles. The smallest absolute Gasteiger partial charge is 0.200 e. The Labute approximate surface area is 118 Å². The second-order valence-corrected chi connectivity index (χ2v) is 5.05. The number of hydrogen-bond donors (Lipinski definition) is 1. The van der Waals surface area contributed by atoms with Gasteiger partial charge in [0.15, 0.2) is 11.6 Å². The first kappa shape index (κ1) is 15.2. The molecule has 0 spiro atoms. The van der Waals surface area contributed by atoms with Crippen molar-refractivity contribution in [2.75, 3.05) is 26.4 Å². The Hall–Kier alpha value is -1.20. The summed E-state index contributed by atoms with van der Waals surface area (Å²) in [6, 6.07) is 4.07. The summed E-state index contributed by atoms with van der Waals surface area (Å²) >= 11 is 0. The van der Waals surface area contributed by atoms with Crippen LogP contribution in [0.1, 0.15) is 19.8 Å². The number of ether oxygens (including phenoxy) is 2. The molecule has 1 N–H and O–H groups in total. The first-order chi connectivity index (χ1) is 9.72. The van der Waals surface area contributed by atoms with Gasteiger partial charge in [0.25, 0.3) is 0 Å². The standard InChI is InChI=1S/C15H21F2NO2/c1-2-7-18-13(11-6-8-19-9-11)10-20-14-5-3-4-12(16)15(14)17/h3-5,11,13,18H,2,6-10H2,1H3. The van der Waals surface area contributed by atoms with Crippen LogP contribution in [0.25, 0.3) is 0 Å². The lowest BCUT2D eigenvalue weighted by Gasteiger charge is -2.24. The lowest BCUT2D eigenvalue weighted by molar-refractivity contribution is 0.158. The molecule has 1 aromatic rings. The van der Waals surface area contributed by atoms with Crippen LogP contribution in [0.4, 0.5) is 8.78 Å². The Morgan fingerprint density at radius 1 is 1.45 bits per heavy atom. The molecule has 2 atom stereocenters. The van der Waals surface area contributed by atoms with E-state index in [1.165, 1.54) is 12.1 Å². The normalized spacial score (nSPS) is 20.1. The molecule has 0 bridgehead atoms. The fourth-order valence-corrected chi connectivity index (χ4v) is 2.34. The van der Waals surface area contributed by atoms with Crippen LogP contribution >= 0.6 is 0 Å². The zero-order valence-corrected chi connectivity index (χ0v) is 11.7. The minimum atomic E-state index is -0.926. The van der Waals surface area contributed by atoms with Gasteiger partial charge < -0.3 is 14.8 Å². The van der Waals surface area contributed by atoms with Crippen molar-refractivity contribution in [3.8, 4) is 5.75 Å². The Morgan fingerprint density at radius 3 is 3.00 bits per heavy atom. The zero-order valence-electron chi connectivity index (χ0n) is 11.7. The average Bonchev–Trinajstić information content (AvgIpc) is 2.97. The molecule has 0 radical (unpaired) electrons. The van der Waals surface area contributed by atoms with Crippen LogP contribution in [0, 0.1) is 17.6 Å². The van der Waals surface area contributed by atoms with Gasteiger partial charge in [0.1, 0.15) is 6.61 Å². The van der Waals surface area contributed by atoms with Crippen LogP contribution in [-0.2, 0) is 4.74 Å². The zero-order chi connectivity index (χ0) is 14.4. The van der Waals surface area contributed by atoms with Crippen LogP contribution in [0.2, 0.25) is 0 Å². The Morgan fingerprint density at radius 2 is 2.30 bits per heavy atom. The van der Waals surface area contributed by atoms with Crippen LogP contribution < -0.4 is 10.1 Å². The molecule has 5 heteroatoms. The average molecular weight is 285 g/mol. The van der Waals surface area contributed by atoms with Crippen molar-refractivity contribution in [3.05, 3.63) is 29.8 Å². The number of nitrogens with one attached hydrogen (secondary N) is 1. The van der Waals surface area contributed by atoms with Gasteiger partial charge in [-0.15, -0.1) is 0 Å². The number of hydrogen-bond acceptors (Lipinski definition) is 3. The second kappa shape index (κ2) is 7.55. The van der Waals surface area contributed by atoms with E-state index in [1.807, 2.05) is 0 Å². The van der Waals surface area contributed by atoms with Crippen molar-refractivity contribution in [2.24, 2.45) is 5.92 Å². The molecule has 1 heterocycles. The molecular formula is C15H21F2NO2. The van der Waals surface area contributed by atoms with Crippen LogP contribution in [0.3, 0.4) is 0 Å². The van der Waals surface area contributed by atoms with Gasteiger partial charge in [-0.05, 0) is 31.5 Å². The molecule has 2 rings (SSSR count). The molecular weight excluding hydrogens is 264 g/mol. The van der Waals surface area contributed by atoms with E-state index in [9.17, 15) is 8.78 Å². The first-order valence-electron chi connectivity index (χ1n) is 7.10. The van der Waals surface area contributed by atoms with Crippen molar-refractivity contribution in [1.29, 1.82) is 0 Å². The van der Waals surface area contributed by atoms with Gasteiger partial charge in [-0.3, -0.25) is 0 Å². The fraction of sp³-hybridized carbons (Fsp3) is 0.600. The summed E-state index contributed by atoms with van der Waals surface area (Å²) in [4.78, 5) is 0. The largest absolute Gasteiger partial charge is 0.489 e. The highest BCUT2D eigenvalue weighted by Gasteiger charge is 2.26. The van der Waals surface area contributed by atoms with Gasteiger partial charge in [-0.2, -0.15) is 4.39 Å². The summed E-state index contributed by atoms with van der Waals surface area (Å²) in [5.74, 6) is -1.49. The highest BCUT2D eigenvalue weighted by atomic mass is 19.2. The minimum Gasteiger partial charge on any atom is -0.489 e. The van der Waals surface area contributed by atoms with Gasteiger partial charge in [0.2, 0.25) is 5.82 Å². The molecule has 0 aromatic heterocycles. The molecule has 2 unspecified atom stereocenters. The molecule has 1 saturated heterocycles. The van der Waals surface area contributed by atoms with E-state index in [0.717, 1.165) is 32.1 Å². The van der Waals surface area contributed by atoms with E-state index >= 15 is 0 Å². The molecule has 0 aliphatic carbocycles. The fourth-order valence-electron chi connectivity index (χ4n) is 2.34. The predicted octanol–water partition coefficient (Wildman–Crippen LogP) is 2.75. The second-order valence-electron chi connectivity index (χ2n) is 5.05. The Kier molecular flexibility index (Phi) is 5.73. The quantitative estimate of drug-likeness (QED) is 0.835. The summed E-state index contributed by atoms with van der Waals surface area (Å²) in [6.45, 7) is 4.71. The van der Waals surface area contributed by atoms with Crippen molar-refractivity contribution < 1.29 is 18.3 Å². The SMILES string of the molecule is CCCNC(COc1cccc(F)c1F)C1CCOC1. The molecule has 20 heavy (non-hydrogen) atoms. The molecule has 0 amide bonds. The maximum atomic E-state index is 13.5. The van der Waals surface area contributed by atoms with E-state index in [4.69, 9.17) is 9.47 Å². The van der Waals surface area contributed by atoms with E-state index in [2.05, 4.69) is 12.2 Å². The van der Waals surface area contributed by atoms with Gasteiger partial charge in [0.05, 0.1) is 6.61 Å². The highest BCUT2D eigenvalue weighted by molar-refractivity contribution is 5.25. The lowest BCUT2D eigenvalue weighted by Crippen LogP contribution is -2.41. The van der Waals surface area contributed by atoms with Crippen LogP contribution in [0.5, 0.6) is 5.75 Å². The molecule has 1 aliphatic rings. The third kappa shape index (κ3) is 3.90. The molecule has 3 nitrogen and oxygen atoms in total. The van der Waals surface area contributed by atoms with Crippen LogP contribution in [0.15, 0.2) is 18.2 Å². The van der Waals surface area contributed by atoms with Crippen molar-refractivity contribution in [1.82, 2.24) is 5.32 Å². The number of halogens is 2. The number of rotatable bonds is 7. The van der Waals surface area contributed by atoms with Gasteiger partial charge in [0, 0.05) is 18.6 Å². The van der Waals surface area contributed by atoms with E-state index in [-0.39, 0.29) is 11.8 Å². The number of benzene rings is 1. The predicted molar refractivity (Wildman–Crippen MR) is 72.9 cm³/mol. The molecule has 0 saturated carbocycles. The summed E-state index contributed by atoms with van der Waals surface area (Å²) < 4.78 is 37.5. The third-order valence-corrected chi connectivity index (χ3v) is 3.53. The molecule has 1 aliphatic heterocycles. The van der Waals surface area contributed by atoms with Crippen molar-refractivity contribution in [2.45, 2.75) is 25.8 Å². The maximum Gasteiger partial charge on any atom is 0.200 e. The third-order valence-electron chi connectivity index (χ3n) is 3.53. The minimum absolute atomic E-state index is 0.0350. The van der Waals surface area contributed by atoms with Gasteiger partial charge in [-0.25, -0.2) is 4.39 Å². The van der Waals surface area contributed by atoms with Crippen molar-refractivity contribution >= 4 is 0 Å². The van der Waals surface area contributed by atoms with Gasteiger partial charge in [-0.1, -0.05) is 13.0 Å². The monoisotopic (exact) mass is 285 g/mol. The van der Waals surface area contributed by atoms with E-state index < -0.39 is 11.6 Å². The lowest BCUT2D eigenvalue weighted by atomic mass is 9.99. The Balaban J connectivity index is 1.95. The summed E-state index contributed by atoms with van der Waals surface area (Å²) in [7, 11) is 0. The Bertz CT molecular complexity index is 422.